The maximum atomic E-state index is 12.8. The number of amides is 1. The number of nitrogens with zero attached hydrogens (tertiary/aromatic N) is 5. The molecule has 1 N–H and O–H groups in total. The number of hydrogen-bond acceptors (Lipinski definition) is 6. The Morgan fingerprint density at radius 2 is 1.64 bits per heavy atom. The van der Waals surface area contributed by atoms with Crippen LogP contribution in [-0.2, 0) is 6.18 Å². The van der Waals surface area contributed by atoms with Gasteiger partial charge >= 0.3 is 6.18 Å². The molecule has 0 aliphatic rings. The van der Waals surface area contributed by atoms with Crippen molar-refractivity contribution >= 4 is 17.3 Å². The number of benzene rings is 3. The summed E-state index contributed by atoms with van der Waals surface area (Å²) in [6.07, 6.45) is -4.46. The quantitative estimate of drug-likeness (QED) is 0.350. The molecule has 0 atom stereocenters. The summed E-state index contributed by atoms with van der Waals surface area (Å²) >= 11 is 0. The molecule has 0 aliphatic carbocycles. The lowest BCUT2D eigenvalue weighted by Crippen LogP contribution is -2.12. The summed E-state index contributed by atoms with van der Waals surface area (Å²) in [7, 11) is 0. The number of non-ortho nitro benzene ring substituents is 1. The first kappa shape index (κ1) is 21.6. The predicted octanol–water partition coefficient (Wildman–Crippen LogP) is 4.51. The van der Waals surface area contributed by atoms with Crippen LogP contribution in [0.3, 0.4) is 0 Å². The average Bonchev–Trinajstić information content (AvgIpc) is 3.29. The third kappa shape index (κ3) is 4.69. The fourth-order valence-corrected chi connectivity index (χ4v) is 2.93. The number of nitro benzene ring substituents is 1. The van der Waals surface area contributed by atoms with Crippen LogP contribution < -0.4 is 5.32 Å². The van der Waals surface area contributed by atoms with Crippen molar-refractivity contribution in [3.05, 3.63) is 94.0 Å². The maximum absolute atomic E-state index is 12.8. The van der Waals surface area contributed by atoms with Gasteiger partial charge in [0.1, 0.15) is 0 Å². The molecule has 0 aliphatic heterocycles. The number of anilines is 1. The van der Waals surface area contributed by atoms with Gasteiger partial charge in [0.25, 0.3) is 11.6 Å². The minimum Gasteiger partial charge on any atom is -0.321 e. The first-order chi connectivity index (χ1) is 15.7. The molecule has 4 rings (SSSR count). The number of hydrogen-bond donors (Lipinski definition) is 1. The number of carbonyl (C=O) groups is 1. The zero-order chi connectivity index (χ0) is 23.6. The Kier molecular flexibility index (Phi) is 5.56. The van der Waals surface area contributed by atoms with Crippen molar-refractivity contribution in [2.24, 2.45) is 0 Å². The highest BCUT2D eigenvalue weighted by molar-refractivity contribution is 6.06. The van der Waals surface area contributed by atoms with Crippen LogP contribution in [0.4, 0.5) is 24.5 Å². The van der Waals surface area contributed by atoms with E-state index in [4.69, 9.17) is 0 Å². The second-order valence-corrected chi connectivity index (χ2v) is 6.75. The van der Waals surface area contributed by atoms with Gasteiger partial charge < -0.3 is 5.32 Å². The molecule has 1 heterocycles. The van der Waals surface area contributed by atoms with Crippen molar-refractivity contribution in [1.29, 1.82) is 0 Å². The van der Waals surface area contributed by atoms with Crippen LogP contribution in [0.1, 0.15) is 15.9 Å². The van der Waals surface area contributed by atoms with Gasteiger partial charge in [-0.3, -0.25) is 14.9 Å². The number of tetrazole rings is 1. The minimum absolute atomic E-state index is 0.134. The van der Waals surface area contributed by atoms with Gasteiger partial charge in [0, 0.05) is 23.3 Å². The molecule has 0 spiro atoms. The van der Waals surface area contributed by atoms with E-state index < -0.39 is 22.6 Å². The third-order valence-electron chi connectivity index (χ3n) is 4.60. The smallest absolute Gasteiger partial charge is 0.321 e. The molecule has 0 saturated carbocycles. The second-order valence-electron chi connectivity index (χ2n) is 6.75. The van der Waals surface area contributed by atoms with Crippen LogP contribution in [0, 0.1) is 10.1 Å². The van der Waals surface area contributed by atoms with Gasteiger partial charge in [0.05, 0.1) is 21.9 Å². The molecule has 1 amide bonds. The Morgan fingerprint density at radius 1 is 0.970 bits per heavy atom. The Bertz CT molecular complexity index is 1320. The maximum Gasteiger partial charge on any atom is 0.416 e. The second kappa shape index (κ2) is 8.49. The largest absolute Gasteiger partial charge is 0.416 e. The topological polar surface area (TPSA) is 116 Å². The van der Waals surface area contributed by atoms with Crippen LogP contribution in [-0.4, -0.2) is 31.0 Å². The highest BCUT2D eigenvalue weighted by Crippen LogP contribution is 2.30. The van der Waals surface area contributed by atoms with E-state index in [1.165, 1.54) is 36.4 Å². The predicted molar refractivity (Wildman–Crippen MR) is 111 cm³/mol. The fourth-order valence-electron chi connectivity index (χ4n) is 2.93. The molecule has 0 radical (unpaired) electrons. The van der Waals surface area contributed by atoms with Crippen molar-refractivity contribution < 1.29 is 22.9 Å². The summed E-state index contributed by atoms with van der Waals surface area (Å²) in [6.45, 7) is 0. The van der Waals surface area contributed by atoms with Crippen LogP contribution in [0.15, 0.2) is 72.8 Å². The number of nitro groups is 1. The van der Waals surface area contributed by atoms with Crippen LogP contribution in [0.2, 0.25) is 0 Å². The van der Waals surface area contributed by atoms with E-state index in [0.29, 0.717) is 11.3 Å². The van der Waals surface area contributed by atoms with Crippen molar-refractivity contribution in [3.63, 3.8) is 0 Å². The zero-order valence-corrected chi connectivity index (χ0v) is 16.5. The standard InChI is InChI=1S/C21H13F3N6O3/c22-21(23,24)14-7-11-15(12-8-14)29-27-19(26-28-29)17-3-1-2-4-18(17)25-20(31)13-5-9-16(10-6-13)30(32)33/h1-12H,(H,25,31). The summed E-state index contributed by atoms with van der Waals surface area (Å²) in [6, 6.07) is 16.0. The van der Waals surface area contributed by atoms with Gasteiger partial charge in [-0.05, 0) is 53.7 Å². The van der Waals surface area contributed by atoms with E-state index in [1.54, 1.807) is 24.3 Å². The number of nitrogens with one attached hydrogen (secondary N) is 1. The lowest BCUT2D eigenvalue weighted by molar-refractivity contribution is -0.384. The summed E-state index contributed by atoms with van der Waals surface area (Å²) in [5.41, 5.74) is 0.312. The Morgan fingerprint density at radius 3 is 2.27 bits per heavy atom. The molecule has 3 aromatic carbocycles. The Balaban J connectivity index is 1.57. The number of halogens is 3. The Labute approximate surface area is 183 Å². The lowest BCUT2D eigenvalue weighted by Gasteiger charge is -2.09. The third-order valence-corrected chi connectivity index (χ3v) is 4.60. The molecular weight excluding hydrogens is 441 g/mol. The van der Waals surface area contributed by atoms with Gasteiger partial charge in [-0.15, -0.1) is 15.0 Å². The Hall–Kier alpha value is -4.61. The van der Waals surface area contributed by atoms with Gasteiger partial charge in [-0.25, -0.2) is 0 Å². The van der Waals surface area contributed by atoms with E-state index in [1.807, 2.05) is 0 Å². The molecule has 4 aromatic rings. The normalized spacial score (nSPS) is 11.2. The highest BCUT2D eigenvalue weighted by atomic mass is 19.4. The lowest BCUT2D eigenvalue weighted by atomic mass is 10.1. The van der Waals surface area contributed by atoms with Gasteiger partial charge in [0.15, 0.2) is 0 Å². The van der Waals surface area contributed by atoms with Crippen LogP contribution in [0.5, 0.6) is 0 Å². The summed E-state index contributed by atoms with van der Waals surface area (Å²) in [5.74, 6) is -0.373. The average molecular weight is 454 g/mol. The molecule has 0 fully saturated rings. The minimum atomic E-state index is -4.46. The molecule has 33 heavy (non-hydrogen) atoms. The molecule has 0 bridgehead atoms. The number of alkyl halides is 3. The monoisotopic (exact) mass is 454 g/mol. The summed E-state index contributed by atoms with van der Waals surface area (Å²) < 4.78 is 38.3. The SMILES string of the molecule is O=C(Nc1ccccc1-c1nnn(-c2ccc(C(F)(F)F)cc2)n1)c1ccc([N+](=O)[O-])cc1. The molecule has 1 aromatic heterocycles. The van der Waals surface area contributed by atoms with E-state index >= 15 is 0 Å². The molecule has 166 valence electrons. The van der Waals surface area contributed by atoms with E-state index in [9.17, 15) is 28.1 Å². The van der Waals surface area contributed by atoms with Crippen molar-refractivity contribution in [1.82, 2.24) is 20.2 Å². The number of carbonyl (C=O) groups excluding carboxylic acids is 1. The van der Waals surface area contributed by atoms with Gasteiger partial charge in [0.2, 0.25) is 5.82 Å². The van der Waals surface area contributed by atoms with Crippen molar-refractivity contribution in [2.75, 3.05) is 5.32 Å². The van der Waals surface area contributed by atoms with Gasteiger partial charge in [-0.2, -0.15) is 13.2 Å². The van der Waals surface area contributed by atoms with Crippen LogP contribution >= 0.6 is 0 Å². The number of rotatable bonds is 5. The van der Waals surface area contributed by atoms with Crippen LogP contribution in [0.25, 0.3) is 17.1 Å². The molecular formula is C21H13F3N6O3. The number of para-hydroxylation sites is 1. The molecule has 9 nitrogen and oxygen atoms in total. The molecule has 0 saturated heterocycles. The highest BCUT2D eigenvalue weighted by Gasteiger charge is 2.30. The van der Waals surface area contributed by atoms with Crippen molar-refractivity contribution in [2.45, 2.75) is 6.18 Å². The first-order valence-electron chi connectivity index (χ1n) is 9.35. The molecule has 12 heteroatoms. The van der Waals surface area contributed by atoms with E-state index in [-0.39, 0.29) is 22.8 Å². The fraction of sp³-hybridized carbons (Fsp3) is 0.0476. The van der Waals surface area contributed by atoms with Gasteiger partial charge in [-0.1, -0.05) is 12.1 Å². The number of aromatic nitrogens is 4. The summed E-state index contributed by atoms with van der Waals surface area (Å²) in [4.78, 5) is 23.9. The molecule has 0 unspecified atom stereocenters. The van der Waals surface area contributed by atoms with Crippen molar-refractivity contribution in [3.8, 4) is 17.1 Å². The zero-order valence-electron chi connectivity index (χ0n) is 16.5. The first-order valence-corrected chi connectivity index (χ1v) is 9.35. The van der Waals surface area contributed by atoms with E-state index in [0.717, 1.165) is 16.9 Å². The summed E-state index contributed by atoms with van der Waals surface area (Å²) in [5, 5.41) is 25.5. The van der Waals surface area contributed by atoms with E-state index in [2.05, 4.69) is 20.7 Å².